The Bertz CT molecular complexity index is 599. The van der Waals surface area contributed by atoms with Gasteiger partial charge >= 0.3 is 5.97 Å². The number of ether oxygens (including phenoxy) is 1. The smallest absolute Gasteiger partial charge is 0.330 e. The Morgan fingerprint density at radius 3 is 2.24 bits per heavy atom. The second kappa shape index (κ2) is 7.56. The van der Waals surface area contributed by atoms with Crippen molar-refractivity contribution >= 4 is 11.9 Å². The summed E-state index contributed by atoms with van der Waals surface area (Å²) in [6, 6.07) is 9.79. The molecule has 1 aromatic rings. The standard InChI is InChI=1S/C20H28N2O3/c1-3-20(19(24)25-2,16-7-5-4-6-8-16)21-13-17(23)22-18(14-9-10-14)15-11-12-15/h4-8,14-15,18,21H,3,9-13H2,1-2H3,(H,22,23)/t20-/m1/s1. The van der Waals surface area contributed by atoms with E-state index in [9.17, 15) is 9.59 Å². The van der Waals surface area contributed by atoms with E-state index < -0.39 is 5.54 Å². The Kier molecular flexibility index (Phi) is 5.42. The molecule has 5 heteroatoms. The van der Waals surface area contributed by atoms with Crippen LogP contribution in [0.25, 0.3) is 0 Å². The lowest BCUT2D eigenvalue weighted by Gasteiger charge is -2.31. The highest BCUT2D eigenvalue weighted by molar-refractivity contribution is 5.84. The van der Waals surface area contributed by atoms with Gasteiger partial charge in [-0.3, -0.25) is 10.1 Å². The summed E-state index contributed by atoms with van der Waals surface area (Å²) >= 11 is 0. The van der Waals surface area contributed by atoms with Gasteiger partial charge < -0.3 is 10.1 Å². The van der Waals surface area contributed by atoms with Gasteiger partial charge in [0.25, 0.3) is 0 Å². The molecule has 136 valence electrons. The van der Waals surface area contributed by atoms with Crippen LogP contribution in [0.5, 0.6) is 0 Å². The molecule has 2 fully saturated rings. The molecule has 0 aromatic heterocycles. The Morgan fingerprint density at radius 1 is 1.16 bits per heavy atom. The summed E-state index contributed by atoms with van der Waals surface area (Å²) in [6.45, 7) is 2.03. The van der Waals surface area contributed by atoms with E-state index >= 15 is 0 Å². The number of esters is 1. The summed E-state index contributed by atoms with van der Waals surface area (Å²) in [7, 11) is 1.38. The highest BCUT2D eigenvalue weighted by Gasteiger charge is 2.43. The molecule has 0 saturated heterocycles. The highest BCUT2D eigenvalue weighted by atomic mass is 16.5. The van der Waals surface area contributed by atoms with Crippen LogP contribution in [-0.4, -0.2) is 31.6 Å². The van der Waals surface area contributed by atoms with E-state index in [0.717, 1.165) is 5.56 Å². The number of carbonyl (C=O) groups is 2. The molecule has 0 heterocycles. The first-order valence-corrected chi connectivity index (χ1v) is 9.29. The van der Waals surface area contributed by atoms with Crippen molar-refractivity contribution in [2.24, 2.45) is 11.8 Å². The van der Waals surface area contributed by atoms with Crippen molar-refractivity contribution in [1.82, 2.24) is 10.6 Å². The molecule has 0 radical (unpaired) electrons. The van der Waals surface area contributed by atoms with Gasteiger partial charge in [-0.1, -0.05) is 37.3 Å². The van der Waals surface area contributed by atoms with E-state index in [1.807, 2.05) is 37.3 Å². The van der Waals surface area contributed by atoms with E-state index in [1.54, 1.807) is 0 Å². The molecule has 2 aliphatic rings. The zero-order valence-corrected chi connectivity index (χ0v) is 15.1. The highest BCUT2D eigenvalue weighted by Crippen LogP contribution is 2.44. The number of hydrogen-bond donors (Lipinski definition) is 2. The summed E-state index contributed by atoms with van der Waals surface area (Å²) in [5.74, 6) is 0.903. The number of nitrogens with one attached hydrogen (secondary N) is 2. The maximum atomic E-state index is 12.5. The molecule has 2 N–H and O–H groups in total. The van der Waals surface area contributed by atoms with Gasteiger partial charge in [0, 0.05) is 6.04 Å². The molecule has 1 amide bonds. The van der Waals surface area contributed by atoms with Crippen LogP contribution in [0.3, 0.4) is 0 Å². The van der Waals surface area contributed by atoms with Crippen LogP contribution < -0.4 is 10.6 Å². The maximum absolute atomic E-state index is 12.5. The molecule has 0 bridgehead atoms. The minimum atomic E-state index is -0.998. The molecule has 2 saturated carbocycles. The van der Waals surface area contributed by atoms with Gasteiger partial charge in [0.2, 0.25) is 5.91 Å². The molecule has 2 aliphatic carbocycles. The molecule has 0 unspecified atom stereocenters. The fourth-order valence-electron chi connectivity index (χ4n) is 3.66. The molecule has 0 spiro atoms. The number of carbonyl (C=O) groups excluding carboxylic acids is 2. The van der Waals surface area contributed by atoms with Crippen molar-refractivity contribution in [3.63, 3.8) is 0 Å². The van der Waals surface area contributed by atoms with Crippen LogP contribution >= 0.6 is 0 Å². The molecular formula is C20H28N2O3. The van der Waals surface area contributed by atoms with Gasteiger partial charge in [-0.2, -0.15) is 0 Å². The third-order valence-corrected chi connectivity index (χ3v) is 5.47. The van der Waals surface area contributed by atoms with Crippen LogP contribution in [0.4, 0.5) is 0 Å². The van der Waals surface area contributed by atoms with Gasteiger partial charge in [0.15, 0.2) is 0 Å². The second-order valence-electron chi connectivity index (χ2n) is 7.24. The average Bonchev–Trinajstić information content (AvgIpc) is 3.54. The molecule has 0 aliphatic heterocycles. The number of amides is 1. The van der Waals surface area contributed by atoms with Crippen molar-refractivity contribution in [2.45, 2.75) is 50.6 Å². The van der Waals surface area contributed by atoms with E-state index in [0.29, 0.717) is 24.3 Å². The largest absolute Gasteiger partial charge is 0.467 e. The summed E-state index contributed by atoms with van der Waals surface area (Å²) in [4.78, 5) is 25.0. The summed E-state index contributed by atoms with van der Waals surface area (Å²) in [5.41, 5.74) is -0.180. The number of methoxy groups -OCH3 is 1. The topological polar surface area (TPSA) is 67.4 Å². The van der Waals surface area contributed by atoms with Crippen LogP contribution in [0.15, 0.2) is 30.3 Å². The Labute approximate surface area is 149 Å². The first-order chi connectivity index (χ1) is 12.1. The van der Waals surface area contributed by atoms with Gasteiger partial charge in [0.1, 0.15) is 5.54 Å². The quantitative estimate of drug-likeness (QED) is 0.675. The summed E-state index contributed by atoms with van der Waals surface area (Å²) < 4.78 is 5.04. The first-order valence-electron chi connectivity index (χ1n) is 9.29. The molecular weight excluding hydrogens is 316 g/mol. The van der Waals surface area contributed by atoms with E-state index in [-0.39, 0.29) is 18.4 Å². The predicted octanol–water partition coefficient (Wildman–Crippen LogP) is 2.36. The second-order valence-corrected chi connectivity index (χ2v) is 7.24. The SMILES string of the molecule is CC[C@](NCC(=O)NC(C1CC1)C1CC1)(C(=O)OC)c1ccccc1. The predicted molar refractivity (Wildman–Crippen MR) is 95.8 cm³/mol. The monoisotopic (exact) mass is 344 g/mol. The van der Waals surface area contributed by atoms with Gasteiger partial charge in [-0.15, -0.1) is 0 Å². The fourth-order valence-corrected chi connectivity index (χ4v) is 3.66. The number of rotatable bonds is 9. The van der Waals surface area contributed by atoms with Crippen LogP contribution in [0, 0.1) is 11.8 Å². The molecule has 1 atom stereocenters. The lowest BCUT2D eigenvalue weighted by atomic mass is 9.87. The molecule has 25 heavy (non-hydrogen) atoms. The third-order valence-electron chi connectivity index (χ3n) is 5.47. The van der Waals surface area contributed by atoms with Gasteiger partial charge in [-0.05, 0) is 49.5 Å². The first kappa shape index (κ1) is 17.9. The lowest BCUT2D eigenvalue weighted by Crippen LogP contribution is -2.53. The average molecular weight is 344 g/mol. The van der Waals surface area contributed by atoms with Gasteiger partial charge in [0.05, 0.1) is 13.7 Å². The lowest BCUT2D eigenvalue weighted by molar-refractivity contribution is -0.149. The minimum Gasteiger partial charge on any atom is -0.467 e. The Balaban J connectivity index is 1.67. The number of hydrogen-bond acceptors (Lipinski definition) is 4. The third kappa shape index (κ3) is 4.03. The fraction of sp³-hybridized carbons (Fsp3) is 0.600. The zero-order valence-electron chi connectivity index (χ0n) is 15.1. The van der Waals surface area contributed by atoms with Crippen LogP contribution in [0.2, 0.25) is 0 Å². The normalized spacial score (nSPS) is 19.3. The molecule has 1 aromatic carbocycles. The van der Waals surface area contributed by atoms with Gasteiger partial charge in [-0.25, -0.2) is 4.79 Å². The van der Waals surface area contributed by atoms with E-state index in [4.69, 9.17) is 4.74 Å². The Hall–Kier alpha value is -1.88. The zero-order chi connectivity index (χ0) is 17.9. The minimum absolute atomic E-state index is 0.0403. The van der Waals surface area contributed by atoms with E-state index in [2.05, 4.69) is 10.6 Å². The number of benzene rings is 1. The van der Waals surface area contributed by atoms with Crippen molar-refractivity contribution < 1.29 is 14.3 Å². The Morgan fingerprint density at radius 2 is 1.76 bits per heavy atom. The summed E-state index contributed by atoms with van der Waals surface area (Å²) in [6.07, 6.45) is 5.39. The maximum Gasteiger partial charge on any atom is 0.330 e. The summed E-state index contributed by atoms with van der Waals surface area (Å²) in [5, 5.41) is 6.38. The van der Waals surface area contributed by atoms with Crippen molar-refractivity contribution in [1.29, 1.82) is 0 Å². The molecule has 5 nitrogen and oxygen atoms in total. The van der Waals surface area contributed by atoms with Crippen molar-refractivity contribution in [2.75, 3.05) is 13.7 Å². The van der Waals surface area contributed by atoms with Crippen LogP contribution in [-0.2, 0) is 19.9 Å². The van der Waals surface area contributed by atoms with Crippen LogP contribution in [0.1, 0.15) is 44.6 Å². The van der Waals surface area contributed by atoms with E-state index in [1.165, 1.54) is 32.8 Å². The van der Waals surface area contributed by atoms with Crippen molar-refractivity contribution in [3.05, 3.63) is 35.9 Å². The molecule has 3 rings (SSSR count). The van der Waals surface area contributed by atoms with Crippen molar-refractivity contribution in [3.8, 4) is 0 Å².